The number of imidazole rings is 1. The van der Waals surface area contributed by atoms with Gasteiger partial charge in [0.2, 0.25) is 0 Å². The summed E-state index contributed by atoms with van der Waals surface area (Å²) in [5, 5.41) is 10.1. The van der Waals surface area contributed by atoms with Crippen molar-refractivity contribution in [3.63, 3.8) is 0 Å². The minimum atomic E-state index is -0.839. The van der Waals surface area contributed by atoms with Crippen LogP contribution in [0.3, 0.4) is 0 Å². The summed E-state index contributed by atoms with van der Waals surface area (Å²) in [5.74, 6) is 0.905. The lowest BCUT2D eigenvalue weighted by atomic mass is 10.0. The highest BCUT2D eigenvalue weighted by molar-refractivity contribution is 4.97. The minimum Gasteiger partial charge on any atom is -0.387 e. The molecule has 86 valence electrons. The Morgan fingerprint density at radius 1 is 1.53 bits per heavy atom. The molecule has 0 aliphatic heterocycles. The van der Waals surface area contributed by atoms with E-state index in [2.05, 4.69) is 11.9 Å². The monoisotopic (exact) mass is 212 g/mol. The van der Waals surface area contributed by atoms with E-state index < -0.39 is 5.60 Å². The fraction of sp³-hybridized carbons (Fsp3) is 0.727. The Morgan fingerprint density at radius 3 is 2.87 bits per heavy atom. The molecule has 0 bridgehead atoms. The van der Waals surface area contributed by atoms with Gasteiger partial charge in [-0.05, 0) is 20.8 Å². The smallest absolute Gasteiger partial charge is 0.111 e. The Labute approximate surface area is 90.9 Å². The highest BCUT2D eigenvalue weighted by Crippen LogP contribution is 2.12. The van der Waals surface area contributed by atoms with E-state index >= 15 is 0 Å². The predicted octanol–water partition coefficient (Wildman–Crippen LogP) is 1.23. The van der Waals surface area contributed by atoms with Crippen LogP contribution in [-0.2, 0) is 17.7 Å². The molecular weight excluding hydrogens is 192 g/mol. The molecule has 0 aliphatic rings. The maximum atomic E-state index is 10.1. The van der Waals surface area contributed by atoms with Crippen LogP contribution < -0.4 is 0 Å². The Balaban J connectivity index is 2.59. The van der Waals surface area contributed by atoms with E-state index in [-0.39, 0.29) is 0 Å². The van der Waals surface area contributed by atoms with Crippen molar-refractivity contribution in [3.05, 3.63) is 18.2 Å². The third-order valence-electron chi connectivity index (χ3n) is 2.30. The SMILES string of the molecule is CCOCC(C)(O)Cc1nccn1CC. The van der Waals surface area contributed by atoms with Gasteiger partial charge in [-0.3, -0.25) is 0 Å². The number of hydrogen-bond acceptors (Lipinski definition) is 3. The quantitative estimate of drug-likeness (QED) is 0.771. The number of aryl methyl sites for hydroxylation is 1. The van der Waals surface area contributed by atoms with Gasteiger partial charge < -0.3 is 14.4 Å². The van der Waals surface area contributed by atoms with Crippen molar-refractivity contribution >= 4 is 0 Å². The van der Waals surface area contributed by atoms with Crippen molar-refractivity contribution < 1.29 is 9.84 Å². The molecule has 1 heterocycles. The molecule has 0 amide bonds. The van der Waals surface area contributed by atoms with Crippen LogP contribution in [0.15, 0.2) is 12.4 Å². The minimum absolute atomic E-state index is 0.347. The summed E-state index contributed by atoms with van der Waals surface area (Å²) in [5.41, 5.74) is -0.839. The molecule has 1 atom stereocenters. The van der Waals surface area contributed by atoms with Crippen LogP contribution in [-0.4, -0.2) is 33.5 Å². The molecule has 15 heavy (non-hydrogen) atoms. The van der Waals surface area contributed by atoms with Crippen molar-refractivity contribution in [2.24, 2.45) is 0 Å². The molecule has 4 nitrogen and oxygen atoms in total. The van der Waals surface area contributed by atoms with Gasteiger partial charge in [-0.2, -0.15) is 0 Å². The molecule has 1 unspecified atom stereocenters. The van der Waals surface area contributed by atoms with Gasteiger partial charge in [0.1, 0.15) is 5.82 Å². The fourth-order valence-corrected chi connectivity index (χ4v) is 1.51. The maximum Gasteiger partial charge on any atom is 0.111 e. The topological polar surface area (TPSA) is 47.3 Å². The van der Waals surface area contributed by atoms with Gasteiger partial charge in [0.05, 0.1) is 12.2 Å². The molecule has 0 spiro atoms. The molecule has 0 saturated carbocycles. The zero-order valence-corrected chi connectivity index (χ0v) is 9.73. The van der Waals surface area contributed by atoms with Gasteiger partial charge in [0.25, 0.3) is 0 Å². The predicted molar refractivity (Wildman–Crippen MR) is 58.7 cm³/mol. The van der Waals surface area contributed by atoms with Gasteiger partial charge in [-0.15, -0.1) is 0 Å². The number of ether oxygens (including phenoxy) is 1. The van der Waals surface area contributed by atoms with Crippen LogP contribution in [0.1, 0.15) is 26.6 Å². The Kier molecular flexibility index (Phi) is 4.29. The lowest BCUT2D eigenvalue weighted by molar-refractivity contribution is -0.0312. The van der Waals surface area contributed by atoms with Crippen LogP contribution in [0.5, 0.6) is 0 Å². The van der Waals surface area contributed by atoms with Crippen molar-refractivity contribution in [1.82, 2.24) is 9.55 Å². The van der Waals surface area contributed by atoms with E-state index in [4.69, 9.17) is 4.74 Å². The maximum absolute atomic E-state index is 10.1. The van der Waals surface area contributed by atoms with Gasteiger partial charge in [0, 0.05) is 32.0 Å². The van der Waals surface area contributed by atoms with E-state index in [1.165, 1.54) is 0 Å². The van der Waals surface area contributed by atoms with E-state index in [0.717, 1.165) is 12.4 Å². The van der Waals surface area contributed by atoms with Crippen LogP contribution in [0.25, 0.3) is 0 Å². The molecule has 0 aliphatic carbocycles. The summed E-state index contributed by atoms with van der Waals surface area (Å²) in [6.07, 6.45) is 4.20. The zero-order valence-electron chi connectivity index (χ0n) is 9.73. The largest absolute Gasteiger partial charge is 0.387 e. The first kappa shape index (κ1) is 12.2. The fourth-order valence-electron chi connectivity index (χ4n) is 1.51. The molecule has 1 aromatic heterocycles. The number of nitrogens with zero attached hydrogens (tertiary/aromatic N) is 2. The van der Waals surface area contributed by atoms with Gasteiger partial charge in [-0.25, -0.2) is 4.98 Å². The van der Waals surface area contributed by atoms with Gasteiger partial charge in [-0.1, -0.05) is 0 Å². The van der Waals surface area contributed by atoms with E-state index in [9.17, 15) is 5.11 Å². The van der Waals surface area contributed by atoms with E-state index in [1.54, 1.807) is 13.1 Å². The summed E-state index contributed by atoms with van der Waals surface area (Å²) < 4.78 is 7.26. The second-order valence-corrected chi connectivity index (χ2v) is 3.94. The van der Waals surface area contributed by atoms with Crippen molar-refractivity contribution in [3.8, 4) is 0 Å². The standard InChI is InChI=1S/C11H20N2O2/c1-4-13-7-6-12-10(13)8-11(3,14)9-15-5-2/h6-7,14H,4-5,8-9H2,1-3H3. The Morgan fingerprint density at radius 2 is 2.27 bits per heavy atom. The van der Waals surface area contributed by atoms with Crippen molar-refractivity contribution in [2.75, 3.05) is 13.2 Å². The summed E-state index contributed by atoms with van der Waals surface area (Å²) in [7, 11) is 0. The van der Waals surface area contributed by atoms with Gasteiger partial charge in [0.15, 0.2) is 0 Å². The molecular formula is C11H20N2O2. The lowest BCUT2D eigenvalue weighted by Gasteiger charge is -2.22. The molecule has 1 aromatic rings. The van der Waals surface area contributed by atoms with Crippen LogP contribution in [0.4, 0.5) is 0 Å². The zero-order chi connectivity index (χ0) is 11.3. The molecule has 1 N–H and O–H groups in total. The number of rotatable bonds is 6. The second-order valence-electron chi connectivity index (χ2n) is 3.94. The first-order valence-electron chi connectivity index (χ1n) is 5.39. The van der Waals surface area contributed by atoms with Crippen LogP contribution >= 0.6 is 0 Å². The summed E-state index contributed by atoms with van der Waals surface area (Å²) >= 11 is 0. The summed E-state index contributed by atoms with van der Waals surface area (Å²) in [6.45, 7) is 7.60. The van der Waals surface area contributed by atoms with Gasteiger partial charge >= 0.3 is 0 Å². The van der Waals surface area contributed by atoms with Crippen LogP contribution in [0, 0.1) is 0 Å². The molecule has 4 heteroatoms. The van der Waals surface area contributed by atoms with Crippen LogP contribution in [0.2, 0.25) is 0 Å². The number of hydrogen-bond donors (Lipinski definition) is 1. The highest BCUT2D eigenvalue weighted by Gasteiger charge is 2.23. The highest BCUT2D eigenvalue weighted by atomic mass is 16.5. The summed E-state index contributed by atoms with van der Waals surface area (Å²) in [6, 6.07) is 0. The first-order chi connectivity index (χ1) is 7.09. The lowest BCUT2D eigenvalue weighted by Crippen LogP contribution is -2.34. The average molecular weight is 212 g/mol. The number of aromatic nitrogens is 2. The Bertz CT molecular complexity index is 295. The second kappa shape index (κ2) is 5.28. The summed E-state index contributed by atoms with van der Waals surface area (Å²) in [4.78, 5) is 4.23. The third-order valence-corrected chi connectivity index (χ3v) is 2.30. The molecule has 0 aromatic carbocycles. The molecule has 0 saturated heterocycles. The van der Waals surface area contributed by atoms with E-state index in [0.29, 0.717) is 19.6 Å². The average Bonchev–Trinajstić information content (AvgIpc) is 2.61. The third kappa shape index (κ3) is 3.64. The molecule has 0 radical (unpaired) electrons. The number of aliphatic hydroxyl groups is 1. The molecule has 1 rings (SSSR count). The van der Waals surface area contributed by atoms with E-state index in [1.807, 2.05) is 17.7 Å². The van der Waals surface area contributed by atoms with Crippen molar-refractivity contribution in [1.29, 1.82) is 0 Å². The van der Waals surface area contributed by atoms with Crippen molar-refractivity contribution in [2.45, 2.75) is 39.3 Å². The first-order valence-corrected chi connectivity index (χ1v) is 5.39. The normalized spacial score (nSPS) is 15.2. The Hall–Kier alpha value is -0.870. The molecule has 0 fully saturated rings.